The molecule has 0 fully saturated rings. The highest BCUT2D eigenvalue weighted by Gasteiger charge is 1.97. The van der Waals surface area contributed by atoms with Crippen LogP contribution >= 0.6 is 24.2 Å². The number of thiol groups is 1. The summed E-state index contributed by atoms with van der Waals surface area (Å²) in [5, 5.41) is 0.772. The average Bonchev–Trinajstić information content (AvgIpc) is 2.07. The summed E-state index contributed by atoms with van der Waals surface area (Å²) in [6, 6.07) is 5.62. The molecule has 0 bridgehead atoms. The lowest BCUT2D eigenvalue weighted by molar-refractivity contribution is 0.344. The van der Waals surface area contributed by atoms with E-state index in [4.69, 9.17) is 16.3 Å². The Bertz CT molecular complexity index is 263. The second-order valence-corrected chi connectivity index (χ2v) is 3.34. The monoisotopic (exact) mass is 202 g/mol. The smallest absolute Gasteiger partial charge is 0.119 e. The van der Waals surface area contributed by atoms with Crippen molar-refractivity contribution < 1.29 is 4.74 Å². The van der Waals surface area contributed by atoms with Gasteiger partial charge in [-0.15, -0.1) is 0 Å². The van der Waals surface area contributed by atoms with Crippen LogP contribution in [0.1, 0.15) is 5.56 Å². The Kier molecular flexibility index (Phi) is 3.76. The van der Waals surface area contributed by atoms with Gasteiger partial charge in [-0.2, -0.15) is 12.6 Å². The van der Waals surface area contributed by atoms with Gasteiger partial charge in [0.1, 0.15) is 5.75 Å². The van der Waals surface area contributed by atoms with Gasteiger partial charge in [-0.25, -0.2) is 0 Å². The highest BCUT2D eigenvalue weighted by molar-refractivity contribution is 7.80. The van der Waals surface area contributed by atoms with Crippen LogP contribution in [0.3, 0.4) is 0 Å². The van der Waals surface area contributed by atoms with Crippen molar-refractivity contribution in [2.75, 3.05) is 12.4 Å². The normalized spacial score (nSPS) is 9.92. The third-order valence-corrected chi connectivity index (χ3v) is 2.10. The van der Waals surface area contributed by atoms with Crippen LogP contribution in [0, 0.1) is 6.92 Å². The van der Waals surface area contributed by atoms with Gasteiger partial charge in [-0.3, -0.25) is 0 Å². The molecule has 0 radical (unpaired) electrons. The molecular weight excluding hydrogens is 192 g/mol. The molecule has 0 saturated heterocycles. The van der Waals surface area contributed by atoms with Gasteiger partial charge in [0.15, 0.2) is 0 Å². The molecule has 1 aromatic carbocycles. The number of aryl methyl sites for hydroxylation is 1. The Morgan fingerprint density at radius 2 is 2.25 bits per heavy atom. The van der Waals surface area contributed by atoms with Gasteiger partial charge in [0.2, 0.25) is 0 Å². The average molecular weight is 203 g/mol. The predicted octanol–water partition coefficient (Wildman–Crippen LogP) is 2.96. The predicted molar refractivity (Wildman–Crippen MR) is 55.5 cm³/mol. The minimum Gasteiger partial charge on any atom is -0.493 e. The zero-order chi connectivity index (χ0) is 8.97. The molecule has 0 atom stereocenters. The Morgan fingerprint density at radius 3 is 2.83 bits per heavy atom. The maximum Gasteiger partial charge on any atom is 0.119 e. The third-order valence-electron chi connectivity index (χ3n) is 1.49. The Balaban J connectivity index is 2.69. The van der Waals surface area contributed by atoms with Gasteiger partial charge in [0.05, 0.1) is 6.61 Å². The van der Waals surface area contributed by atoms with E-state index in [-0.39, 0.29) is 0 Å². The summed E-state index contributed by atoms with van der Waals surface area (Å²) in [6.45, 7) is 2.58. The highest BCUT2D eigenvalue weighted by atomic mass is 35.5. The number of halogens is 1. The molecule has 0 N–H and O–H groups in total. The molecule has 0 unspecified atom stereocenters. The molecule has 0 aliphatic heterocycles. The van der Waals surface area contributed by atoms with Crippen LogP contribution in [-0.2, 0) is 0 Å². The first-order valence-corrected chi connectivity index (χ1v) is 4.75. The van der Waals surface area contributed by atoms with Crippen molar-refractivity contribution in [1.29, 1.82) is 0 Å². The van der Waals surface area contributed by atoms with Gasteiger partial charge in [0, 0.05) is 10.8 Å². The van der Waals surface area contributed by atoms with E-state index in [9.17, 15) is 0 Å². The second-order valence-electron chi connectivity index (χ2n) is 2.48. The molecule has 1 nitrogen and oxygen atoms in total. The minimum atomic E-state index is 0.629. The fourth-order valence-electron chi connectivity index (χ4n) is 0.870. The molecule has 0 amide bonds. The first-order valence-electron chi connectivity index (χ1n) is 3.74. The van der Waals surface area contributed by atoms with Gasteiger partial charge < -0.3 is 4.74 Å². The van der Waals surface area contributed by atoms with Crippen molar-refractivity contribution in [3.63, 3.8) is 0 Å². The summed E-state index contributed by atoms with van der Waals surface area (Å²) in [6.07, 6.45) is 0. The molecule has 0 aliphatic carbocycles. The van der Waals surface area contributed by atoms with Gasteiger partial charge in [-0.1, -0.05) is 11.6 Å². The van der Waals surface area contributed by atoms with E-state index < -0.39 is 0 Å². The van der Waals surface area contributed by atoms with Gasteiger partial charge >= 0.3 is 0 Å². The summed E-state index contributed by atoms with van der Waals surface area (Å²) >= 11 is 9.89. The Hall–Kier alpha value is -0.340. The van der Waals surface area contributed by atoms with Crippen LogP contribution in [-0.4, -0.2) is 12.4 Å². The summed E-state index contributed by atoms with van der Waals surface area (Å²) in [5.74, 6) is 1.58. The molecule has 3 heteroatoms. The van der Waals surface area contributed by atoms with Crippen molar-refractivity contribution in [2.45, 2.75) is 6.92 Å². The second kappa shape index (κ2) is 4.63. The molecule has 0 aliphatic rings. The standard InChI is InChI=1S/C9H11ClOS/c1-7-6-8(11-4-5-12)2-3-9(7)10/h2-3,6,12H,4-5H2,1H3. The minimum absolute atomic E-state index is 0.629. The summed E-state index contributed by atoms with van der Waals surface area (Å²) < 4.78 is 5.36. The van der Waals surface area contributed by atoms with Crippen LogP contribution in [0.5, 0.6) is 5.75 Å². The molecule has 0 saturated carbocycles. The van der Waals surface area contributed by atoms with E-state index >= 15 is 0 Å². The first-order chi connectivity index (χ1) is 5.74. The van der Waals surface area contributed by atoms with E-state index in [0.717, 1.165) is 22.1 Å². The van der Waals surface area contributed by atoms with Crippen LogP contribution in [0.25, 0.3) is 0 Å². The van der Waals surface area contributed by atoms with Crippen molar-refractivity contribution in [3.05, 3.63) is 28.8 Å². The lowest BCUT2D eigenvalue weighted by Gasteiger charge is -2.05. The fourth-order valence-corrected chi connectivity index (χ4v) is 1.08. The first kappa shape index (κ1) is 9.75. The quantitative estimate of drug-likeness (QED) is 0.742. The topological polar surface area (TPSA) is 9.23 Å². The third kappa shape index (κ3) is 2.61. The maximum absolute atomic E-state index is 5.84. The van der Waals surface area contributed by atoms with Crippen molar-refractivity contribution in [3.8, 4) is 5.75 Å². The molecule has 12 heavy (non-hydrogen) atoms. The van der Waals surface area contributed by atoms with Gasteiger partial charge in [-0.05, 0) is 30.7 Å². The van der Waals surface area contributed by atoms with E-state index in [1.54, 1.807) is 0 Å². The van der Waals surface area contributed by atoms with E-state index in [1.165, 1.54) is 0 Å². The Morgan fingerprint density at radius 1 is 1.50 bits per heavy atom. The largest absolute Gasteiger partial charge is 0.493 e. The van der Waals surface area contributed by atoms with Crippen LogP contribution in [0.2, 0.25) is 5.02 Å². The number of hydrogen-bond acceptors (Lipinski definition) is 2. The summed E-state index contributed by atoms with van der Waals surface area (Å²) in [5.41, 5.74) is 1.04. The highest BCUT2D eigenvalue weighted by Crippen LogP contribution is 2.20. The summed E-state index contributed by atoms with van der Waals surface area (Å²) in [7, 11) is 0. The lowest BCUT2D eigenvalue weighted by atomic mass is 10.2. The fraction of sp³-hybridized carbons (Fsp3) is 0.333. The van der Waals surface area contributed by atoms with Crippen LogP contribution in [0.4, 0.5) is 0 Å². The molecule has 0 spiro atoms. The SMILES string of the molecule is Cc1cc(OCCS)ccc1Cl. The molecule has 1 rings (SSSR count). The van der Waals surface area contributed by atoms with Crippen molar-refractivity contribution in [1.82, 2.24) is 0 Å². The van der Waals surface area contributed by atoms with Crippen LogP contribution in [0.15, 0.2) is 18.2 Å². The van der Waals surface area contributed by atoms with Crippen molar-refractivity contribution >= 4 is 24.2 Å². The number of rotatable bonds is 3. The number of hydrogen-bond donors (Lipinski definition) is 1. The molecular formula is C9H11ClOS. The van der Waals surface area contributed by atoms with Gasteiger partial charge in [0.25, 0.3) is 0 Å². The van der Waals surface area contributed by atoms with E-state index in [2.05, 4.69) is 12.6 Å². The molecule has 66 valence electrons. The number of benzene rings is 1. The molecule has 0 heterocycles. The molecule has 1 aromatic rings. The van der Waals surface area contributed by atoms with Crippen LogP contribution < -0.4 is 4.74 Å². The summed E-state index contributed by atoms with van der Waals surface area (Å²) in [4.78, 5) is 0. The zero-order valence-electron chi connectivity index (χ0n) is 6.88. The van der Waals surface area contributed by atoms with E-state index in [1.807, 2.05) is 25.1 Å². The Labute approximate surface area is 83.1 Å². The maximum atomic E-state index is 5.84. The van der Waals surface area contributed by atoms with Crippen molar-refractivity contribution in [2.24, 2.45) is 0 Å². The zero-order valence-corrected chi connectivity index (χ0v) is 8.53. The van der Waals surface area contributed by atoms with E-state index in [0.29, 0.717) is 6.61 Å². The number of ether oxygens (including phenoxy) is 1. The molecule has 0 aromatic heterocycles. The lowest BCUT2D eigenvalue weighted by Crippen LogP contribution is -1.97.